The summed E-state index contributed by atoms with van der Waals surface area (Å²) in [5.74, 6) is 1.11. The van der Waals surface area contributed by atoms with Gasteiger partial charge in [0.1, 0.15) is 5.75 Å². The van der Waals surface area contributed by atoms with Gasteiger partial charge in [0, 0.05) is 29.0 Å². The van der Waals surface area contributed by atoms with Crippen molar-refractivity contribution < 1.29 is 14.4 Å². The number of hydrogen-bond donors (Lipinski definition) is 1. The number of nitrogens with zero attached hydrogens (tertiary/aromatic N) is 4. The van der Waals surface area contributed by atoms with E-state index in [2.05, 4.69) is 15.3 Å². The maximum Gasteiger partial charge on any atom is 0.311 e. The lowest BCUT2D eigenvalue weighted by molar-refractivity contribution is -0.385. The van der Waals surface area contributed by atoms with Gasteiger partial charge in [0.2, 0.25) is 10.5 Å². The average molecular weight is 405 g/mol. The number of benzene rings is 1. The van der Waals surface area contributed by atoms with E-state index in [1.165, 1.54) is 37.2 Å². The lowest BCUT2D eigenvalue weighted by atomic mass is 10.1. The molecule has 27 heavy (non-hydrogen) atoms. The molecule has 0 radical (unpaired) electrons. The van der Waals surface area contributed by atoms with Crippen LogP contribution in [0, 0.1) is 14.9 Å². The van der Waals surface area contributed by atoms with Crippen molar-refractivity contribution >= 4 is 35.5 Å². The van der Waals surface area contributed by atoms with Crippen molar-refractivity contribution in [3.8, 4) is 11.5 Å². The van der Waals surface area contributed by atoms with Crippen molar-refractivity contribution in [2.75, 3.05) is 14.2 Å². The highest BCUT2D eigenvalue weighted by Gasteiger charge is 2.19. The molecule has 2 aromatic heterocycles. The summed E-state index contributed by atoms with van der Waals surface area (Å²) < 4.78 is 12.1. The molecule has 140 valence electrons. The fourth-order valence-corrected chi connectivity index (χ4v) is 3.30. The number of ether oxygens (including phenoxy) is 2. The molecule has 0 aliphatic rings. The average Bonchev–Trinajstić information content (AvgIpc) is 3.29. The third-order valence-corrected chi connectivity index (χ3v) is 4.81. The summed E-state index contributed by atoms with van der Waals surface area (Å²) in [7, 11) is 2.82. The Labute approximate surface area is 163 Å². The van der Waals surface area contributed by atoms with Crippen LogP contribution in [0.2, 0.25) is 0 Å². The number of nitrogens with one attached hydrogen (secondary N) is 1. The Morgan fingerprint density at radius 2 is 2.19 bits per heavy atom. The number of nitro groups is 1. The molecular weight excluding hydrogens is 390 g/mol. The summed E-state index contributed by atoms with van der Waals surface area (Å²) in [6, 6.07) is 6.73. The zero-order valence-electron chi connectivity index (χ0n) is 14.4. The molecule has 0 fully saturated rings. The molecule has 0 saturated carbocycles. The van der Waals surface area contributed by atoms with Crippen molar-refractivity contribution in [3.63, 3.8) is 0 Å². The standard InChI is InChI=1S/C16H15N5O4S2/c1-24-13-8-14(25-2)12(21(22)23)6-10(13)9-17-20-15(18-19-16(20)26)7-11-4-3-5-27-11/h3-6,8-9H,7H2,1-2H3,(H,19,26)/b17-9-. The molecule has 0 aliphatic carbocycles. The maximum atomic E-state index is 11.3. The predicted octanol–water partition coefficient (Wildman–Crippen LogP) is 3.40. The van der Waals surface area contributed by atoms with Gasteiger partial charge >= 0.3 is 5.69 Å². The van der Waals surface area contributed by atoms with Crippen LogP contribution >= 0.6 is 23.6 Å². The van der Waals surface area contributed by atoms with Crippen molar-refractivity contribution in [1.82, 2.24) is 14.9 Å². The normalized spacial score (nSPS) is 11.0. The van der Waals surface area contributed by atoms with Gasteiger partial charge in [0.15, 0.2) is 5.82 Å². The van der Waals surface area contributed by atoms with E-state index in [1.54, 1.807) is 11.3 Å². The largest absolute Gasteiger partial charge is 0.496 e. The zero-order chi connectivity index (χ0) is 19.4. The van der Waals surface area contributed by atoms with E-state index in [0.717, 1.165) is 4.88 Å². The van der Waals surface area contributed by atoms with Crippen LogP contribution in [0.15, 0.2) is 34.7 Å². The van der Waals surface area contributed by atoms with Gasteiger partial charge in [-0.15, -0.1) is 11.3 Å². The molecule has 1 N–H and O–H groups in total. The van der Waals surface area contributed by atoms with Crippen LogP contribution < -0.4 is 9.47 Å². The minimum absolute atomic E-state index is 0.104. The minimum Gasteiger partial charge on any atom is -0.496 e. The molecule has 3 aromatic rings. The van der Waals surface area contributed by atoms with Gasteiger partial charge in [-0.3, -0.25) is 15.2 Å². The predicted molar refractivity (Wildman–Crippen MR) is 104 cm³/mol. The van der Waals surface area contributed by atoms with Gasteiger partial charge < -0.3 is 9.47 Å². The molecule has 0 bridgehead atoms. The van der Waals surface area contributed by atoms with Crippen molar-refractivity contribution in [2.24, 2.45) is 5.10 Å². The summed E-state index contributed by atoms with van der Waals surface area (Å²) in [6.45, 7) is 0. The molecular formula is C16H15N5O4S2. The summed E-state index contributed by atoms with van der Waals surface area (Å²) in [5, 5.41) is 24.5. The number of aromatic nitrogens is 3. The van der Waals surface area contributed by atoms with Crippen LogP contribution in [-0.4, -0.2) is 40.2 Å². The molecule has 9 nitrogen and oxygen atoms in total. The molecule has 1 aromatic carbocycles. The summed E-state index contributed by atoms with van der Waals surface area (Å²) in [5.41, 5.74) is 0.226. The van der Waals surface area contributed by atoms with Gasteiger partial charge in [0.05, 0.1) is 25.4 Å². The molecule has 3 rings (SSSR count). The first-order valence-corrected chi connectivity index (χ1v) is 8.95. The van der Waals surface area contributed by atoms with E-state index in [-0.39, 0.29) is 11.4 Å². The van der Waals surface area contributed by atoms with Crippen molar-refractivity contribution in [3.05, 3.63) is 60.8 Å². The SMILES string of the molecule is COc1cc(OC)c([N+](=O)[O-])cc1/C=N\n1c(Cc2cccs2)n[nH]c1=S. The van der Waals surface area contributed by atoms with Crippen LogP contribution in [0.5, 0.6) is 11.5 Å². The van der Waals surface area contributed by atoms with E-state index >= 15 is 0 Å². The number of rotatable bonds is 7. The Morgan fingerprint density at radius 3 is 2.81 bits per heavy atom. The van der Waals surface area contributed by atoms with Crippen LogP contribution in [0.3, 0.4) is 0 Å². The highest BCUT2D eigenvalue weighted by Crippen LogP contribution is 2.33. The fraction of sp³-hybridized carbons (Fsp3) is 0.188. The number of thiophene rings is 1. The van der Waals surface area contributed by atoms with Gasteiger partial charge in [-0.2, -0.15) is 14.9 Å². The Hall–Kier alpha value is -3.05. The molecule has 0 atom stereocenters. The number of hydrogen-bond acceptors (Lipinski definition) is 8. The summed E-state index contributed by atoms with van der Waals surface area (Å²) in [4.78, 5) is 11.8. The zero-order valence-corrected chi connectivity index (χ0v) is 16.0. The number of methoxy groups -OCH3 is 2. The second-order valence-corrected chi connectivity index (χ2v) is 6.70. The summed E-state index contributed by atoms with van der Waals surface area (Å²) >= 11 is 6.83. The van der Waals surface area contributed by atoms with E-state index in [0.29, 0.717) is 28.3 Å². The van der Waals surface area contributed by atoms with Gasteiger partial charge in [0.25, 0.3) is 0 Å². The lowest BCUT2D eigenvalue weighted by Gasteiger charge is -2.08. The first-order valence-electron chi connectivity index (χ1n) is 7.67. The smallest absolute Gasteiger partial charge is 0.311 e. The summed E-state index contributed by atoms with van der Waals surface area (Å²) in [6.07, 6.45) is 2.00. The van der Waals surface area contributed by atoms with E-state index in [1.807, 2.05) is 17.5 Å². The molecule has 11 heteroatoms. The van der Waals surface area contributed by atoms with E-state index < -0.39 is 4.92 Å². The number of aromatic amines is 1. The van der Waals surface area contributed by atoms with Crippen LogP contribution in [-0.2, 0) is 6.42 Å². The molecule has 0 aliphatic heterocycles. The van der Waals surface area contributed by atoms with Crippen LogP contribution in [0.25, 0.3) is 0 Å². The quantitative estimate of drug-likeness (QED) is 0.279. The topological polar surface area (TPSA) is 108 Å². The number of H-pyrrole nitrogens is 1. The second-order valence-electron chi connectivity index (χ2n) is 5.28. The van der Waals surface area contributed by atoms with E-state index in [9.17, 15) is 10.1 Å². The Morgan fingerprint density at radius 1 is 1.41 bits per heavy atom. The molecule has 0 unspecified atom stereocenters. The van der Waals surface area contributed by atoms with Gasteiger partial charge in [-0.1, -0.05) is 6.07 Å². The first-order chi connectivity index (χ1) is 13.0. The molecule has 0 amide bonds. The Balaban J connectivity index is 1.99. The first kappa shape index (κ1) is 18.7. The lowest BCUT2D eigenvalue weighted by Crippen LogP contribution is -2.01. The molecule has 0 saturated heterocycles. The molecule has 2 heterocycles. The highest BCUT2D eigenvalue weighted by atomic mass is 32.1. The number of nitro benzene ring substituents is 1. The van der Waals surface area contributed by atoms with Gasteiger partial charge in [-0.05, 0) is 23.7 Å². The Bertz CT molecular complexity index is 1040. The van der Waals surface area contributed by atoms with Crippen LogP contribution in [0.1, 0.15) is 16.3 Å². The van der Waals surface area contributed by atoms with E-state index in [4.69, 9.17) is 21.7 Å². The maximum absolute atomic E-state index is 11.3. The van der Waals surface area contributed by atoms with Crippen LogP contribution in [0.4, 0.5) is 5.69 Å². The Kier molecular flexibility index (Phi) is 5.62. The fourth-order valence-electron chi connectivity index (χ4n) is 2.40. The third kappa shape index (κ3) is 4.04. The minimum atomic E-state index is -0.526. The monoisotopic (exact) mass is 405 g/mol. The van der Waals surface area contributed by atoms with Gasteiger partial charge in [-0.25, -0.2) is 0 Å². The third-order valence-electron chi connectivity index (χ3n) is 3.67. The highest BCUT2D eigenvalue weighted by molar-refractivity contribution is 7.71. The molecule has 0 spiro atoms. The van der Waals surface area contributed by atoms with Crippen molar-refractivity contribution in [1.29, 1.82) is 0 Å². The van der Waals surface area contributed by atoms with Crippen molar-refractivity contribution in [2.45, 2.75) is 6.42 Å². The second kappa shape index (κ2) is 8.10.